The van der Waals surface area contributed by atoms with E-state index in [1.165, 1.54) is 24.3 Å². The summed E-state index contributed by atoms with van der Waals surface area (Å²) in [7, 11) is -3.18. The molecule has 0 fully saturated rings. The number of carbonyl (C=O) groups excluding carboxylic acids is 1. The van der Waals surface area contributed by atoms with Crippen LogP contribution in [0.25, 0.3) is 0 Å². The predicted octanol–water partition coefficient (Wildman–Crippen LogP) is 0.963. The van der Waals surface area contributed by atoms with E-state index in [1.807, 2.05) is 0 Å². The fourth-order valence-corrected chi connectivity index (χ4v) is 3.00. The normalized spacial score (nSPS) is 20.8. The molecule has 1 aromatic rings. The van der Waals surface area contributed by atoms with Gasteiger partial charge < -0.3 is 11.1 Å². The van der Waals surface area contributed by atoms with Crippen molar-refractivity contribution in [2.24, 2.45) is 0 Å². The van der Waals surface area contributed by atoms with Gasteiger partial charge in [0.25, 0.3) is 5.91 Å². The van der Waals surface area contributed by atoms with E-state index in [0.29, 0.717) is 11.3 Å². The molecule has 2 rings (SSSR count). The zero-order valence-electron chi connectivity index (χ0n) is 9.26. The van der Waals surface area contributed by atoms with Crippen molar-refractivity contribution in [3.05, 3.63) is 40.3 Å². The Bertz CT molecular complexity index is 625. The molecular formula is C11H11ClN2O3S. The summed E-state index contributed by atoms with van der Waals surface area (Å²) in [5.41, 5.74) is 6.26. The lowest BCUT2D eigenvalue weighted by Crippen LogP contribution is -2.35. The third-order valence-electron chi connectivity index (χ3n) is 2.51. The van der Waals surface area contributed by atoms with Crippen LogP contribution in [-0.2, 0) is 9.84 Å². The number of nitrogens with one attached hydrogen (secondary N) is 1. The van der Waals surface area contributed by atoms with E-state index in [4.69, 9.17) is 17.3 Å². The molecule has 1 aromatic carbocycles. The Hall–Kier alpha value is -1.53. The maximum absolute atomic E-state index is 11.8. The van der Waals surface area contributed by atoms with E-state index in [0.717, 1.165) is 5.41 Å². The molecule has 0 saturated heterocycles. The quantitative estimate of drug-likeness (QED) is 0.793. The lowest BCUT2D eigenvalue weighted by molar-refractivity contribution is 0.0947. The molecule has 3 N–H and O–H groups in total. The van der Waals surface area contributed by atoms with Crippen molar-refractivity contribution in [2.75, 3.05) is 11.5 Å². The summed E-state index contributed by atoms with van der Waals surface area (Å²) < 4.78 is 22.4. The van der Waals surface area contributed by atoms with Gasteiger partial charge in [0.1, 0.15) is 0 Å². The van der Waals surface area contributed by atoms with Gasteiger partial charge in [-0.25, -0.2) is 8.42 Å². The number of benzene rings is 1. The van der Waals surface area contributed by atoms with Gasteiger partial charge in [0, 0.05) is 11.0 Å². The van der Waals surface area contributed by atoms with Crippen LogP contribution in [0.15, 0.2) is 29.7 Å². The Morgan fingerprint density at radius 1 is 1.44 bits per heavy atom. The standard InChI is InChI=1S/C11H11ClN2O3S/c12-9-5-7(1-2-10(9)13)11(15)14-8-3-4-18(16,17)6-8/h1-5,8H,6,13H2,(H,14,15). The third kappa shape index (κ3) is 2.83. The molecule has 0 aliphatic carbocycles. The average molecular weight is 287 g/mol. The van der Waals surface area contributed by atoms with E-state index in [-0.39, 0.29) is 16.7 Å². The summed E-state index contributed by atoms with van der Waals surface area (Å²) in [4.78, 5) is 11.8. The molecule has 0 radical (unpaired) electrons. The van der Waals surface area contributed by atoms with Crippen molar-refractivity contribution in [3.8, 4) is 0 Å². The number of rotatable bonds is 2. The van der Waals surface area contributed by atoms with Crippen LogP contribution in [0, 0.1) is 0 Å². The first-order chi connectivity index (χ1) is 8.37. The van der Waals surface area contributed by atoms with Crippen LogP contribution in [0.1, 0.15) is 10.4 Å². The van der Waals surface area contributed by atoms with Gasteiger partial charge in [-0.2, -0.15) is 0 Å². The molecule has 1 heterocycles. The summed E-state index contributed by atoms with van der Waals surface area (Å²) >= 11 is 5.80. The smallest absolute Gasteiger partial charge is 0.251 e. The maximum atomic E-state index is 11.8. The van der Waals surface area contributed by atoms with Crippen molar-refractivity contribution in [3.63, 3.8) is 0 Å². The highest BCUT2D eigenvalue weighted by Crippen LogP contribution is 2.19. The zero-order valence-corrected chi connectivity index (χ0v) is 10.8. The van der Waals surface area contributed by atoms with E-state index in [1.54, 1.807) is 0 Å². The highest BCUT2D eigenvalue weighted by atomic mass is 35.5. The molecule has 1 aliphatic heterocycles. The van der Waals surface area contributed by atoms with Gasteiger partial charge in [-0.1, -0.05) is 11.6 Å². The number of amides is 1. The van der Waals surface area contributed by atoms with Crippen molar-refractivity contribution in [1.29, 1.82) is 0 Å². The van der Waals surface area contributed by atoms with E-state index < -0.39 is 15.9 Å². The van der Waals surface area contributed by atoms with Crippen molar-refractivity contribution in [1.82, 2.24) is 5.32 Å². The largest absolute Gasteiger partial charge is 0.398 e. The molecule has 0 aromatic heterocycles. The van der Waals surface area contributed by atoms with Gasteiger partial charge in [0.05, 0.1) is 22.5 Å². The minimum Gasteiger partial charge on any atom is -0.398 e. The van der Waals surface area contributed by atoms with Crippen LogP contribution >= 0.6 is 11.6 Å². The van der Waals surface area contributed by atoms with E-state index in [2.05, 4.69) is 5.32 Å². The maximum Gasteiger partial charge on any atom is 0.251 e. The highest BCUT2D eigenvalue weighted by molar-refractivity contribution is 7.94. The molecular weight excluding hydrogens is 276 g/mol. The fourth-order valence-electron chi connectivity index (χ4n) is 1.59. The number of halogens is 1. The summed E-state index contributed by atoms with van der Waals surface area (Å²) in [6.07, 6.45) is 1.45. The van der Waals surface area contributed by atoms with Crippen LogP contribution in [-0.4, -0.2) is 26.1 Å². The number of carbonyl (C=O) groups is 1. The topological polar surface area (TPSA) is 89.3 Å². The summed E-state index contributed by atoms with van der Waals surface area (Å²) in [5.74, 6) is -0.495. The Balaban J connectivity index is 2.09. The minimum absolute atomic E-state index is 0.110. The Morgan fingerprint density at radius 3 is 2.72 bits per heavy atom. The molecule has 0 spiro atoms. The van der Waals surface area contributed by atoms with Crippen LogP contribution in [0.2, 0.25) is 5.02 Å². The van der Waals surface area contributed by atoms with Gasteiger partial charge >= 0.3 is 0 Å². The first kappa shape index (κ1) is 12.9. The summed E-state index contributed by atoms with van der Waals surface area (Å²) in [6, 6.07) is 4.00. The predicted molar refractivity (Wildman–Crippen MR) is 70.0 cm³/mol. The number of nitrogen functional groups attached to an aromatic ring is 1. The second-order valence-electron chi connectivity index (χ2n) is 3.97. The molecule has 1 unspecified atom stereocenters. The van der Waals surface area contributed by atoms with Crippen LogP contribution in [0.3, 0.4) is 0 Å². The molecule has 96 valence electrons. The Kier molecular flexibility index (Phi) is 3.32. The molecule has 1 aliphatic rings. The van der Waals surface area contributed by atoms with Gasteiger partial charge in [-0.05, 0) is 24.3 Å². The number of nitrogens with two attached hydrogens (primary N) is 1. The monoisotopic (exact) mass is 286 g/mol. The molecule has 0 saturated carbocycles. The van der Waals surface area contributed by atoms with E-state index >= 15 is 0 Å². The SMILES string of the molecule is Nc1ccc(C(=O)NC2C=CS(=O)(=O)C2)cc1Cl. The lowest BCUT2D eigenvalue weighted by Gasteiger charge is -2.10. The van der Waals surface area contributed by atoms with Gasteiger partial charge in [-0.3, -0.25) is 4.79 Å². The number of anilines is 1. The van der Waals surface area contributed by atoms with Crippen molar-refractivity contribution in [2.45, 2.75) is 6.04 Å². The molecule has 18 heavy (non-hydrogen) atoms. The molecule has 1 atom stereocenters. The first-order valence-electron chi connectivity index (χ1n) is 5.14. The summed E-state index contributed by atoms with van der Waals surface area (Å²) in [5, 5.41) is 3.99. The Morgan fingerprint density at radius 2 is 2.17 bits per heavy atom. The first-order valence-corrected chi connectivity index (χ1v) is 7.23. The van der Waals surface area contributed by atoms with Gasteiger partial charge in [0.2, 0.25) is 0 Å². The lowest BCUT2D eigenvalue weighted by atomic mass is 10.2. The molecule has 7 heteroatoms. The van der Waals surface area contributed by atoms with Crippen LogP contribution in [0.4, 0.5) is 5.69 Å². The molecule has 0 bridgehead atoms. The van der Waals surface area contributed by atoms with Gasteiger partial charge in [0.15, 0.2) is 9.84 Å². The van der Waals surface area contributed by atoms with Gasteiger partial charge in [-0.15, -0.1) is 0 Å². The van der Waals surface area contributed by atoms with E-state index in [9.17, 15) is 13.2 Å². The number of hydrogen-bond acceptors (Lipinski definition) is 4. The average Bonchev–Trinajstić information content (AvgIpc) is 2.62. The van der Waals surface area contributed by atoms with Crippen molar-refractivity contribution >= 4 is 33.0 Å². The minimum atomic E-state index is -3.18. The second kappa shape index (κ2) is 4.62. The summed E-state index contributed by atoms with van der Waals surface area (Å²) in [6.45, 7) is 0. The number of sulfone groups is 1. The molecule has 5 nitrogen and oxygen atoms in total. The second-order valence-corrected chi connectivity index (χ2v) is 6.31. The van der Waals surface area contributed by atoms with Crippen LogP contribution < -0.4 is 11.1 Å². The zero-order chi connectivity index (χ0) is 13.3. The highest BCUT2D eigenvalue weighted by Gasteiger charge is 2.23. The Labute approximate surface area is 110 Å². The molecule has 1 amide bonds. The number of hydrogen-bond donors (Lipinski definition) is 2. The van der Waals surface area contributed by atoms with Crippen LogP contribution in [0.5, 0.6) is 0 Å². The third-order valence-corrected chi connectivity index (χ3v) is 4.23. The fraction of sp³-hybridized carbons (Fsp3) is 0.182. The van der Waals surface area contributed by atoms with Crippen molar-refractivity contribution < 1.29 is 13.2 Å².